The number of ketones is 1. The average Bonchev–Trinajstić information content (AvgIpc) is 2.48. The first-order valence-electron chi connectivity index (χ1n) is 7.46. The fourth-order valence-electron chi connectivity index (χ4n) is 2.87. The van der Waals surface area contributed by atoms with Gasteiger partial charge in [0, 0.05) is 12.0 Å². The molecule has 20 heavy (non-hydrogen) atoms. The predicted octanol–water partition coefficient (Wildman–Crippen LogP) is 3.07. The van der Waals surface area contributed by atoms with Gasteiger partial charge in [-0.3, -0.25) is 9.69 Å². The number of benzene rings is 1. The number of carbonyl (C=O) groups is 1. The van der Waals surface area contributed by atoms with Gasteiger partial charge in [-0.1, -0.05) is 24.6 Å². The highest BCUT2D eigenvalue weighted by Crippen LogP contribution is 2.25. The largest absolute Gasteiger partial charge is 0.496 e. The SMILES string of the molecule is COc1ccccc1CC(=O)C(C)(C)N1CCCCC1. The first kappa shape index (κ1) is 15.0. The van der Waals surface area contributed by atoms with Crippen molar-refractivity contribution in [3.63, 3.8) is 0 Å². The smallest absolute Gasteiger partial charge is 0.157 e. The molecule has 0 spiro atoms. The van der Waals surface area contributed by atoms with Gasteiger partial charge in [0.2, 0.25) is 0 Å². The highest BCUT2D eigenvalue weighted by Gasteiger charge is 2.34. The third-order valence-electron chi connectivity index (χ3n) is 4.37. The zero-order chi connectivity index (χ0) is 14.6. The molecule has 0 N–H and O–H groups in total. The Hall–Kier alpha value is -1.35. The summed E-state index contributed by atoms with van der Waals surface area (Å²) in [7, 11) is 1.65. The Balaban J connectivity index is 2.10. The van der Waals surface area contributed by atoms with E-state index in [1.165, 1.54) is 19.3 Å². The van der Waals surface area contributed by atoms with Crippen LogP contribution in [0, 0.1) is 0 Å². The third kappa shape index (κ3) is 3.21. The Morgan fingerprint density at radius 1 is 1.20 bits per heavy atom. The number of likely N-dealkylation sites (tertiary alicyclic amines) is 1. The first-order valence-corrected chi connectivity index (χ1v) is 7.46. The standard InChI is InChI=1S/C17H25NO2/c1-17(2,18-11-7-4-8-12-18)16(19)13-14-9-5-6-10-15(14)20-3/h5-6,9-10H,4,7-8,11-13H2,1-3H3. The van der Waals surface area contributed by atoms with E-state index in [1.54, 1.807) is 7.11 Å². The number of ether oxygens (including phenoxy) is 1. The molecule has 1 heterocycles. The Morgan fingerprint density at radius 2 is 1.85 bits per heavy atom. The summed E-state index contributed by atoms with van der Waals surface area (Å²) < 4.78 is 5.34. The van der Waals surface area contributed by atoms with E-state index < -0.39 is 0 Å². The van der Waals surface area contributed by atoms with Gasteiger partial charge in [0.1, 0.15) is 5.75 Å². The van der Waals surface area contributed by atoms with E-state index in [9.17, 15) is 4.79 Å². The molecular weight excluding hydrogens is 250 g/mol. The molecule has 0 radical (unpaired) electrons. The molecule has 1 aliphatic rings. The second kappa shape index (κ2) is 6.40. The molecule has 2 rings (SSSR count). The molecule has 1 fully saturated rings. The van der Waals surface area contributed by atoms with Crippen LogP contribution in [-0.2, 0) is 11.2 Å². The monoisotopic (exact) mass is 275 g/mol. The van der Waals surface area contributed by atoms with Gasteiger partial charge in [0.15, 0.2) is 5.78 Å². The quantitative estimate of drug-likeness (QED) is 0.827. The summed E-state index contributed by atoms with van der Waals surface area (Å²) in [5, 5.41) is 0. The number of methoxy groups -OCH3 is 1. The zero-order valence-electron chi connectivity index (χ0n) is 12.8. The van der Waals surface area contributed by atoms with Crippen molar-refractivity contribution >= 4 is 5.78 Å². The minimum Gasteiger partial charge on any atom is -0.496 e. The summed E-state index contributed by atoms with van der Waals surface area (Å²) in [6, 6.07) is 7.78. The molecule has 3 nitrogen and oxygen atoms in total. The summed E-state index contributed by atoms with van der Waals surface area (Å²) in [6.07, 6.45) is 4.12. The maximum absolute atomic E-state index is 12.7. The van der Waals surface area contributed by atoms with E-state index in [1.807, 2.05) is 24.3 Å². The Labute approximate surface area is 121 Å². The fraction of sp³-hybridized carbons (Fsp3) is 0.588. The molecule has 1 aliphatic heterocycles. The Kier molecular flexibility index (Phi) is 4.81. The van der Waals surface area contributed by atoms with Crippen LogP contribution < -0.4 is 4.74 Å². The van der Waals surface area contributed by atoms with Crippen LogP contribution in [0.2, 0.25) is 0 Å². The van der Waals surface area contributed by atoms with Gasteiger partial charge in [-0.15, -0.1) is 0 Å². The maximum atomic E-state index is 12.7. The van der Waals surface area contributed by atoms with E-state index in [-0.39, 0.29) is 11.3 Å². The van der Waals surface area contributed by atoms with Gasteiger partial charge in [0.25, 0.3) is 0 Å². The van der Waals surface area contributed by atoms with Crippen molar-refractivity contribution in [1.29, 1.82) is 0 Å². The zero-order valence-corrected chi connectivity index (χ0v) is 12.8. The lowest BCUT2D eigenvalue weighted by molar-refractivity contribution is -0.129. The normalized spacial score (nSPS) is 16.9. The van der Waals surface area contributed by atoms with Crippen LogP contribution in [0.15, 0.2) is 24.3 Å². The number of nitrogens with zero attached hydrogens (tertiary/aromatic N) is 1. The average molecular weight is 275 g/mol. The van der Waals surface area contributed by atoms with Crippen LogP contribution in [0.4, 0.5) is 0 Å². The van der Waals surface area contributed by atoms with Gasteiger partial charge < -0.3 is 4.74 Å². The molecule has 1 saturated heterocycles. The highest BCUT2D eigenvalue weighted by molar-refractivity contribution is 5.89. The van der Waals surface area contributed by atoms with Crippen molar-refractivity contribution in [3.05, 3.63) is 29.8 Å². The summed E-state index contributed by atoms with van der Waals surface area (Å²) in [6.45, 7) is 6.17. The van der Waals surface area contributed by atoms with Crippen LogP contribution in [0.1, 0.15) is 38.7 Å². The molecule has 0 saturated carbocycles. The molecule has 110 valence electrons. The maximum Gasteiger partial charge on any atom is 0.157 e. The van der Waals surface area contributed by atoms with Crippen LogP contribution in [-0.4, -0.2) is 36.4 Å². The van der Waals surface area contributed by atoms with Gasteiger partial charge in [-0.2, -0.15) is 0 Å². The van der Waals surface area contributed by atoms with E-state index >= 15 is 0 Å². The van der Waals surface area contributed by atoms with Crippen LogP contribution in [0.25, 0.3) is 0 Å². The molecule has 0 bridgehead atoms. The van der Waals surface area contributed by atoms with Gasteiger partial charge in [-0.25, -0.2) is 0 Å². The minimum atomic E-state index is -0.388. The summed E-state index contributed by atoms with van der Waals surface area (Å²) in [4.78, 5) is 15.0. The number of hydrogen-bond acceptors (Lipinski definition) is 3. The molecule has 0 amide bonds. The number of rotatable bonds is 5. The summed E-state index contributed by atoms with van der Waals surface area (Å²) >= 11 is 0. The third-order valence-corrected chi connectivity index (χ3v) is 4.37. The van der Waals surface area contributed by atoms with Crippen LogP contribution in [0.5, 0.6) is 5.75 Å². The van der Waals surface area contributed by atoms with Crippen molar-refractivity contribution in [3.8, 4) is 5.75 Å². The van der Waals surface area contributed by atoms with Crippen LogP contribution in [0.3, 0.4) is 0 Å². The number of Topliss-reactive ketones (excluding diaryl/α,β-unsaturated/α-hetero) is 1. The molecule has 3 heteroatoms. The van der Waals surface area contributed by atoms with Crippen molar-refractivity contribution in [2.24, 2.45) is 0 Å². The minimum absolute atomic E-state index is 0.268. The fourth-order valence-corrected chi connectivity index (χ4v) is 2.87. The number of hydrogen-bond donors (Lipinski definition) is 0. The summed E-state index contributed by atoms with van der Waals surface area (Å²) in [5.74, 6) is 1.07. The predicted molar refractivity (Wildman–Crippen MR) is 81.2 cm³/mol. The Morgan fingerprint density at radius 3 is 2.50 bits per heavy atom. The molecule has 0 unspecified atom stereocenters. The van der Waals surface area contributed by atoms with Gasteiger partial charge in [-0.05, 0) is 45.8 Å². The lowest BCUT2D eigenvalue weighted by Crippen LogP contribution is -2.52. The van der Waals surface area contributed by atoms with Gasteiger partial charge >= 0.3 is 0 Å². The van der Waals surface area contributed by atoms with Crippen molar-refractivity contribution in [1.82, 2.24) is 4.90 Å². The van der Waals surface area contributed by atoms with Crippen molar-refractivity contribution in [2.45, 2.75) is 45.1 Å². The molecule has 0 atom stereocenters. The number of carbonyl (C=O) groups excluding carboxylic acids is 1. The second-order valence-corrected chi connectivity index (χ2v) is 6.02. The van der Waals surface area contributed by atoms with E-state index in [0.717, 1.165) is 24.4 Å². The molecule has 0 aromatic heterocycles. The molecular formula is C17H25NO2. The molecule has 0 aliphatic carbocycles. The Bertz CT molecular complexity index is 462. The summed E-state index contributed by atoms with van der Waals surface area (Å²) in [5.41, 5.74) is 0.589. The second-order valence-electron chi connectivity index (χ2n) is 6.02. The van der Waals surface area contributed by atoms with Crippen LogP contribution >= 0.6 is 0 Å². The van der Waals surface area contributed by atoms with Crippen molar-refractivity contribution in [2.75, 3.05) is 20.2 Å². The molecule has 1 aromatic carbocycles. The van der Waals surface area contributed by atoms with E-state index in [4.69, 9.17) is 4.74 Å². The lowest BCUT2D eigenvalue weighted by atomic mass is 9.89. The number of para-hydroxylation sites is 1. The lowest BCUT2D eigenvalue weighted by Gasteiger charge is -2.39. The topological polar surface area (TPSA) is 29.5 Å². The van der Waals surface area contributed by atoms with E-state index in [0.29, 0.717) is 6.42 Å². The van der Waals surface area contributed by atoms with E-state index in [2.05, 4.69) is 18.7 Å². The highest BCUT2D eigenvalue weighted by atomic mass is 16.5. The van der Waals surface area contributed by atoms with Crippen molar-refractivity contribution < 1.29 is 9.53 Å². The number of piperidine rings is 1. The van der Waals surface area contributed by atoms with Gasteiger partial charge in [0.05, 0.1) is 12.6 Å². The molecule has 1 aromatic rings. The first-order chi connectivity index (χ1) is 9.55.